The lowest BCUT2D eigenvalue weighted by Gasteiger charge is -2.31. The predicted molar refractivity (Wildman–Crippen MR) is 74.6 cm³/mol. The number of nitrogens with two attached hydrogens (primary N) is 1. The molecule has 1 aliphatic carbocycles. The number of carbonyl (C=O) groups excluding carboxylic acids is 1. The molecule has 0 spiro atoms. The molecule has 0 saturated heterocycles. The first-order valence-corrected chi connectivity index (χ1v) is 6.73. The maximum atomic E-state index is 12.4. The molecule has 2 rings (SSSR count). The van der Waals surface area contributed by atoms with E-state index in [0.717, 1.165) is 29.7 Å². The first-order valence-electron chi connectivity index (χ1n) is 6.73. The Balaban J connectivity index is 2.11. The van der Waals surface area contributed by atoms with Gasteiger partial charge in [-0.15, -0.1) is 0 Å². The highest BCUT2D eigenvalue weighted by Gasteiger charge is 2.22. The Morgan fingerprint density at radius 1 is 1.28 bits per heavy atom. The maximum Gasteiger partial charge on any atom is 0.253 e. The molecule has 3 heteroatoms. The molecule has 0 radical (unpaired) electrons. The van der Waals surface area contributed by atoms with E-state index in [2.05, 4.69) is 0 Å². The van der Waals surface area contributed by atoms with Gasteiger partial charge in [-0.1, -0.05) is 19.3 Å². The number of aryl methyl sites for hydroxylation is 1. The van der Waals surface area contributed by atoms with E-state index in [1.165, 1.54) is 19.3 Å². The highest BCUT2D eigenvalue weighted by molar-refractivity contribution is 5.94. The summed E-state index contributed by atoms with van der Waals surface area (Å²) in [4.78, 5) is 14.3. The van der Waals surface area contributed by atoms with Crippen LogP contribution in [0.15, 0.2) is 18.2 Å². The van der Waals surface area contributed by atoms with Crippen LogP contribution in [0, 0.1) is 6.92 Å². The number of hydrogen-bond donors (Lipinski definition) is 1. The fourth-order valence-corrected chi connectivity index (χ4v) is 2.65. The Morgan fingerprint density at radius 2 is 1.94 bits per heavy atom. The number of nitrogen functional groups attached to an aromatic ring is 1. The van der Waals surface area contributed by atoms with Crippen molar-refractivity contribution >= 4 is 11.6 Å². The van der Waals surface area contributed by atoms with Crippen LogP contribution in [0.3, 0.4) is 0 Å². The third kappa shape index (κ3) is 2.66. The molecule has 0 aliphatic heterocycles. The van der Waals surface area contributed by atoms with Gasteiger partial charge in [-0.3, -0.25) is 4.79 Å². The lowest BCUT2D eigenvalue weighted by atomic mass is 9.94. The molecule has 1 saturated carbocycles. The minimum absolute atomic E-state index is 0.116. The van der Waals surface area contributed by atoms with Crippen LogP contribution in [-0.2, 0) is 0 Å². The highest BCUT2D eigenvalue weighted by atomic mass is 16.2. The first-order chi connectivity index (χ1) is 8.59. The van der Waals surface area contributed by atoms with E-state index in [0.29, 0.717) is 6.04 Å². The van der Waals surface area contributed by atoms with Crippen molar-refractivity contribution in [3.05, 3.63) is 29.3 Å². The first kappa shape index (κ1) is 12.9. The normalized spacial score (nSPS) is 16.6. The molecule has 1 aromatic carbocycles. The fraction of sp³-hybridized carbons (Fsp3) is 0.533. The summed E-state index contributed by atoms with van der Waals surface area (Å²) in [5.74, 6) is 0.116. The molecule has 1 aromatic rings. The lowest BCUT2D eigenvalue weighted by Crippen LogP contribution is -2.38. The maximum absolute atomic E-state index is 12.4. The minimum Gasteiger partial charge on any atom is -0.399 e. The van der Waals surface area contributed by atoms with Crippen LogP contribution in [0.4, 0.5) is 5.69 Å². The standard InChI is InChI=1S/C15H22N2O/c1-11-10-12(8-9-14(11)16)15(18)17(2)13-6-4-3-5-7-13/h8-10,13H,3-7,16H2,1-2H3. The van der Waals surface area contributed by atoms with E-state index >= 15 is 0 Å². The Hall–Kier alpha value is -1.51. The van der Waals surface area contributed by atoms with E-state index in [9.17, 15) is 4.79 Å². The molecule has 0 atom stereocenters. The summed E-state index contributed by atoms with van der Waals surface area (Å²) >= 11 is 0. The van der Waals surface area contributed by atoms with Crippen LogP contribution in [-0.4, -0.2) is 23.9 Å². The van der Waals surface area contributed by atoms with Crippen molar-refractivity contribution in [2.75, 3.05) is 12.8 Å². The molecule has 0 bridgehead atoms. The molecule has 2 N–H and O–H groups in total. The molecule has 0 aromatic heterocycles. The van der Waals surface area contributed by atoms with E-state index in [1.54, 1.807) is 0 Å². The molecule has 1 fully saturated rings. The smallest absolute Gasteiger partial charge is 0.253 e. The average Bonchev–Trinajstić information content (AvgIpc) is 2.41. The van der Waals surface area contributed by atoms with Gasteiger partial charge in [0.2, 0.25) is 0 Å². The van der Waals surface area contributed by atoms with Crippen LogP contribution in [0.2, 0.25) is 0 Å². The van der Waals surface area contributed by atoms with Crippen molar-refractivity contribution in [3.63, 3.8) is 0 Å². The van der Waals surface area contributed by atoms with Gasteiger partial charge >= 0.3 is 0 Å². The molecule has 0 heterocycles. The molecular formula is C15H22N2O. The van der Waals surface area contributed by atoms with Crippen molar-refractivity contribution in [3.8, 4) is 0 Å². The molecule has 98 valence electrons. The van der Waals surface area contributed by atoms with Gasteiger partial charge in [-0.25, -0.2) is 0 Å². The topological polar surface area (TPSA) is 46.3 Å². The number of amides is 1. The summed E-state index contributed by atoms with van der Waals surface area (Å²) in [5.41, 5.74) is 8.24. The van der Waals surface area contributed by atoms with Gasteiger partial charge in [0.1, 0.15) is 0 Å². The molecule has 1 amide bonds. The largest absolute Gasteiger partial charge is 0.399 e. The zero-order chi connectivity index (χ0) is 13.1. The summed E-state index contributed by atoms with van der Waals surface area (Å²) in [6.07, 6.45) is 6.05. The van der Waals surface area contributed by atoms with Crippen LogP contribution >= 0.6 is 0 Å². The van der Waals surface area contributed by atoms with E-state index < -0.39 is 0 Å². The van der Waals surface area contributed by atoms with Gasteiger partial charge in [0.15, 0.2) is 0 Å². The van der Waals surface area contributed by atoms with Gasteiger partial charge in [0.25, 0.3) is 5.91 Å². The zero-order valence-electron chi connectivity index (χ0n) is 11.3. The van der Waals surface area contributed by atoms with E-state index in [-0.39, 0.29) is 5.91 Å². The Bertz CT molecular complexity index is 436. The third-order valence-electron chi connectivity index (χ3n) is 3.96. The fourth-order valence-electron chi connectivity index (χ4n) is 2.65. The van der Waals surface area contributed by atoms with Gasteiger partial charge < -0.3 is 10.6 Å². The number of carbonyl (C=O) groups is 1. The lowest BCUT2D eigenvalue weighted by molar-refractivity contribution is 0.0696. The van der Waals surface area contributed by atoms with Crippen molar-refractivity contribution in [2.45, 2.75) is 45.1 Å². The summed E-state index contributed by atoms with van der Waals surface area (Å²) < 4.78 is 0. The number of rotatable bonds is 2. The van der Waals surface area contributed by atoms with Crippen molar-refractivity contribution in [1.29, 1.82) is 0 Å². The highest BCUT2D eigenvalue weighted by Crippen LogP contribution is 2.23. The summed E-state index contributed by atoms with van der Waals surface area (Å²) in [6, 6.07) is 5.93. The van der Waals surface area contributed by atoms with Crippen molar-refractivity contribution < 1.29 is 4.79 Å². The third-order valence-corrected chi connectivity index (χ3v) is 3.96. The summed E-state index contributed by atoms with van der Waals surface area (Å²) in [6.45, 7) is 1.94. The van der Waals surface area contributed by atoms with Gasteiger partial charge in [-0.05, 0) is 43.5 Å². The Kier molecular flexibility index (Phi) is 3.90. The number of hydrogen-bond acceptors (Lipinski definition) is 2. The second-order valence-electron chi connectivity index (χ2n) is 5.28. The molecule has 0 unspecified atom stereocenters. The summed E-state index contributed by atoms with van der Waals surface area (Å²) in [5, 5.41) is 0. The predicted octanol–water partition coefficient (Wildman–Crippen LogP) is 2.98. The number of benzene rings is 1. The SMILES string of the molecule is Cc1cc(C(=O)N(C)C2CCCCC2)ccc1N. The molecule has 1 aliphatic rings. The minimum atomic E-state index is 0.116. The Labute approximate surface area is 109 Å². The molecular weight excluding hydrogens is 224 g/mol. The van der Waals surface area contributed by atoms with Crippen molar-refractivity contribution in [1.82, 2.24) is 4.90 Å². The monoisotopic (exact) mass is 246 g/mol. The second kappa shape index (κ2) is 5.42. The van der Waals surface area contributed by atoms with Crippen LogP contribution in [0.5, 0.6) is 0 Å². The molecule has 18 heavy (non-hydrogen) atoms. The Morgan fingerprint density at radius 3 is 2.56 bits per heavy atom. The zero-order valence-corrected chi connectivity index (χ0v) is 11.3. The van der Waals surface area contributed by atoms with Gasteiger partial charge in [0, 0.05) is 24.3 Å². The van der Waals surface area contributed by atoms with Gasteiger partial charge in [-0.2, -0.15) is 0 Å². The molecule has 3 nitrogen and oxygen atoms in total. The summed E-state index contributed by atoms with van der Waals surface area (Å²) in [7, 11) is 1.92. The van der Waals surface area contributed by atoms with Crippen LogP contribution in [0.1, 0.15) is 48.0 Å². The van der Waals surface area contributed by atoms with E-state index in [4.69, 9.17) is 5.73 Å². The second-order valence-corrected chi connectivity index (χ2v) is 5.28. The van der Waals surface area contributed by atoms with E-state index in [1.807, 2.05) is 37.1 Å². The van der Waals surface area contributed by atoms with Crippen molar-refractivity contribution in [2.24, 2.45) is 0 Å². The quantitative estimate of drug-likeness (QED) is 0.815. The number of nitrogens with zero attached hydrogens (tertiary/aromatic N) is 1. The average molecular weight is 246 g/mol. The number of anilines is 1. The van der Waals surface area contributed by atoms with Gasteiger partial charge in [0.05, 0.1) is 0 Å². The van der Waals surface area contributed by atoms with Crippen LogP contribution in [0.25, 0.3) is 0 Å². The van der Waals surface area contributed by atoms with Crippen LogP contribution < -0.4 is 5.73 Å².